The normalized spacial score (nSPS) is 14.4. The molecule has 0 unspecified atom stereocenters. The van der Waals surface area contributed by atoms with Crippen molar-refractivity contribution in [2.45, 2.75) is 52.4 Å². The SMILES string of the molecule is Cc1cccc(NC(=O)c2c(N=Cc3ccc(Br)o3)sc3c2CCCCCC3)c1C. The molecule has 0 saturated carbocycles. The summed E-state index contributed by atoms with van der Waals surface area (Å²) in [5.41, 5.74) is 5.01. The third-order valence-corrected chi connectivity index (χ3v) is 7.26. The van der Waals surface area contributed by atoms with Gasteiger partial charge in [-0.1, -0.05) is 25.0 Å². The van der Waals surface area contributed by atoms with Gasteiger partial charge in [0, 0.05) is 10.6 Å². The number of benzene rings is 1. The van der Waals surface area contributed by atoms with E-state index < -0.39 is 0 Å². The predicted molar refractivity (Wildman–Crippen MR) is 128 cm³/mol. The van der Waals surface area contributed by atoms with Gasteiger partial charge in [0.25, 0.3) is 5.91 Å². The molecular formula is C24H25BrN2O2S. The van der Waals surface area contributed by atoms with E-state index in [4.69, 9.17) is 4.42 Å². The van der Waals surface area contributed by atoms with Gasteiger partial charge in [-0.25, -0.2) is 4.99 Å². The Labute approximate surface area is 189 Å². The molecule has 30 heavy (non-hydrogen) atoms. The first-order chi connectivity index (χ1) is 14.5. The van der Waals surface area contributed by atoms with Gasteiger partial charge in [-0.15, -0.1) is 11.3 Å². The largest absolute Gasteiger partial charge is 0.448 e. The number of rotatable bonds is 4. The Morgan fingerprint density at radius 3 is 2.70 bits per heavy atom. The number of nitrogens with zero attached hydrogens (tertiary/aromatic N) is 1. The van der Waals surface area contributed by atoms with Gasteiger partial charge in [0.05, 0.1) is 11.8 Å². The lowest BCUT2D eigenvalue weighted by Gasteiger charge is -2.13. The van der Waals surface area contributed by atoms with Gasteiger partial charge in [0.1, 0.15) is 10.8 Å². The van der Waals surface area contributed by atoms with Crippen molar-refractivity contribution in [3.8, 4) is 0 Å². The van der Waals surface area contributed by atoms with Crippen molar-refractivity contribution in [1.29, 1.82) is 0 Å². The number of hydrogen-bond donors (Lipinski definition) is 1. The minimum absolute atomic E-state index is 0.0745. The molecule has 0 fully saturated rings. The molecule has 0 aliphatic heterocycles. The summed E-state index contributed by atoms with van der Waals surface area (Å²) in [5.74, 6) is 0.582. The van der Waals surface area contributed by atoms with Crippen LogP contribution in [0.15, 0.2) is 44.4 Å². The highest BCUT2D eigenvalue weighted by molar-refractivity contribution is 9.10. The van der Waals surface area contributed by atoms with E-state index in [2.05, 4.69) is 39.2 Å². The summed E-state index contributed by atoms with van der Waals surface area (Å²) in [4.78, 5) is 19.4. The van der Waals surface area contributed by atoms with E-state index in [1.54, 1.807) is 17.6 Å². The van der Waals surface area contributed by atoms with Crippen molar-refractivity contribution in [2.24, 2.45) is 4.99 Å². The van der Waals surface area contributed by atoms with E-state index in [0.717, 1.165) is 46.6 Å². The Morgan fingerprint density at radius 1 is 1.13 bits per heavy atom. The third-order valence-electron chi connectivity index (χ3n) is 5.64. The van der Waals surface area contributed by atoms with E-state index in [-0.39, 0.29) is 5.91 Å². The number of anilines is 1. The first-order valence-electron chi connectivity index (χ1n) is 10.3. The van der Waals surface area contributed by atoms with E-state index >= 15 is 0 Å². The molecule has 4 nitrogen and oxygen atoms in total. The molecular weight excluding hydrogens is 460 g/mol. The zero-order valence-electron chi connectivity index (χ0n) is 17.3. The van der Waals surface area contributed by atoms with Gasteiger partial charge in [0.15, 0.2) is 4.67 Å². The van der Waals surface area contributed by atoms with Crippen LogP contribution < -0.4 is 5.32 Å². The number of carbonyl (C=O) groups excluding carboxylic acids is 1. The maximum atomic E-state index is 13.4. The molecule has 1 aromatic carbocycles. The Balaban J connectivity index is 1.72. The van der Waals surface area contributed by atoms with Crippen molar-refractivity contribution in [3.63, 3.8) is 0 Å². The molecule has 0 atom stereocenters. The molecule has 1 amide bonds. The molecule has 1 N–H and O–H groups in total. The maximum Gasteiger partial charge on any atom is 0.259 e. The Kier molecular flexibility index (Phi) is 6.54. The first-order valence-corrected chi connectivity index (χ1v) is 12.0. The summed E-state index contributed by atoms with van der Waals surface area (Å²) in [6.45, 7) is 4.10. The number of hydrogen-bond acceptors (Lipinski definition) is 4. The number of aryl methyl sites for hydroxylation is 2. The van der Waals surface area contributed by atoms with Crippen LogP contribution >= 0.6 is 27.3 Å². The average molecular weight is 485 g/mol. The molecule has 1 aliphatic carbocycles. The lowest BCUT2D eigenvalue weighted by atomic mass is 9.96. The van der Waals surface area contributed by atoms with Crippen LogP contribution in [0, 0.1) is 13.8 Å². The zero-order valence-corrected chi connectivity index (χ0v) is 19.7. The monoisotopic (exact) mass is 484 g/mol. The Bertz CT molecular complexity index is 1100. The second-order valence-corrected chi connectivity index (χ2v) is 9.57. The number of fused-ring (bicyclic) bond motifs is 1. The van der Waals surface area contributed by atoms with Gasteiger partial charge in [-0.05, 0) is 90.4 Å². The molecule has 4 rings (SSSR count). The number of nitrogens with one attached hydrogen (secondary N) is 1. The average Bonchev–Trinajstić information content (AvgIpc) is 3.26. The van der Waals surface area contributed by atoms with Crippen LogP contribution in [0.3, 0.4) is 0 Å². The van der Waals surface area contributed by atoms with E-state index in [1.165, 1.54) is 29.7 Å². The van der Waals surface area contributed by atoms with Crippen molar-refractivity contribution in [1.82, 2.24) is 0 Å². The van der Waals surface area contributed by atoms with Crippen LogP contribution in [0.25, 0.3) is 0 Å². The van der Waals surface area contributed by atoms with Gasteiger partial charge in [-0.2, -0.15) is 0 Å². The number of halogens is 1. The maximum absolute atomic E-state index is 13.4. The Hall–Kier alpha value is -2.18. The van der Waals surface area contributed by atoms with Gasteiger partial charge < -0.3 is 9.73 Å². The molecule has 6 heteroatoms. The summed E-state index contributed by atoms with van der Waals surface area (Å²) >= 11 is 4.96. The number of furan rings is 1. The smallest absolute Gasteiger partial charge is 0.259 e. The van der Waals surface area contributed by atoms with Crippen LogP contribution in [0.5, 0.6) is 0 Å². The standard InChI is InChI=1S/C24H25BrN2O2S/c1-15-8-7-10-19(16(15)2)27-23(28)22-18-9-5-3-4-6-11-20(18)30-24(22)26-14-17-12-13-21(25)29-17/h7-8,10,12-14H,3-6,9,11H2,1-2H3,(H,27,28). The third kappa shape index (κ3) is 4.60. The molecule has 0 radical (unpaired) electrons. The number of thiophene rings is 1. The van der Waals surface area contributed by atoms with E-state index in [1.807, 2.05) is 31.2 Å². The molecule has 1 aliphatic rings. The van der Waals surface area contributed by atoms with Crippen molar-refractivity contribution in [3.05, 3.63) is 67.9 Å². The highest BCUT2D eigenvalue weighted by Gasteiger charge is 2.24. The molecule has 156 valence electrons. The molecule has 0 bridgehead atoms. The number of aliphatic imine (C=N–C) groups is 1. The fraction of sp³-hybridized carbons (Fsp3) is 0.333. The zero-order chi connectivity index (χ0) is 21.1. The van der Waals surface area contributed by atoms with E-state index in [0.29, 0.717) is 10.4 Å². The van der Waals surface area contributed by atoms with Crippen LogP contribution in [0.1, 0.15) is 63.4 Å². The van der Waals surface area contributed by atoms with Crippen LogP contribution in [-0.2, 0) is 12.8 Å². The number of amides is 1. The topological polar surface area (TPSA) is 54.6 Å². The summed E-state index contributed by atoms with van der Waals surface area (Å²) in [7, 11) is 0. The quantitative estimate of drug-likeness (QED) is 0.392. The lowest BCUT2D eigenvalue weighted by molar-refractivity contribution is 0.102. The van der Waals surface area contributed by atoms with Crippen molar-refractivity contribution < 1.29 is 9.21 Å². The fourth-order valence-corrected chi connectivity index (χ4v) is 5.37. The minimum Gasteiger partial charge on any atom is -0.448 e. The van der Waals surface area contributed by atoms with E-state index in [9.17, 15) is 4.79 Å². The fourth-order valence-electron chi connectivity index (χ4n) is 3.82. The highest BCUT2D eigenvalue weighted by atomic mass is 79.9. The van der Waals surface area contributed by atoms with Crippen molar-refractivity contribution in [2.75, 3.05) is 5.32 Å². The Morgan fingerprint density at radius 2 is 1.93 bits per heavy atom. The van der Waals surface area contributed by atoms with Crippen LogP contribution in [0.4, 0.5) is 10.7 Å². The molecule has 2 aromatic heterocycles. The molecule has 3 aromatic rings. The summed E-state index contributed by atoms with van der Waals surface area (Å²) in [5, 5.41) is 3.91. The van der Waals surface area contributed by atoms with Gasteiger partial charge >= 0.3 is 0 Å². The second kappa shape index (κ2) is 9.31. The molecule has 0 spiro atoms. The van der Waals surface area contributed by atoms with Gasteiger partial charge in [-0.3, -0.25) is 4.79 Å². The summed E-state index contributed by atoms with van der Waals surface area (Å²) < 4.78 is 6.21. The van der Waals surface area contributed by atoms with Crippen LogP contribution in [-0.4, -0.2) is 12.1 Å². The molecule has 0 saturated heterocycles. The summed E-state index contributed by atoms with van der Waals surface area (Å²) in [6.07, 6.45) is 8.39. The first kappa shape index (κ1) is 21.1. The predicted octanol–water partition coefficient (Wildman–Crippen LogP) is 7.38. The second-order valence-electron chi connectivity index (χ2n) is 7.70. The van der Waals surface area contributed by atoms with Crippen LogP contribution in [0.2, 0.25) is 0 Å². The minimum atomic E-state index is -0.0745. The lowest BCUT2D eigenvalue weighted by Crippen LogP contribution is -2.15. The highest BCUT2D eigenvalue weighted by Crippen LogP contribution is 2.39. The molecule has 2 heterocycles. The number of carbonyl (C=O) groups is 1. The van der Waals surface area contributed by atoms with Crippen molar-refractivity contribution >= 4 is 50.1 Å². The van der Waals surface area contributed by atoms with Gasteiger partial charge in [0.2, 0.25) is 0 Å². The summed E-state index contributed by atoms with van der Waals surface area (Å²) in [6, 6.07) is 9.68.